The van der Waals surface area contributed by atoms with Crippen LogP contribution in [0.15, 0.2) is 60.7 Å². The third kappa shape index (κ3) is 4.79. The molecule has 0 saturated carbocycles. The number of piperazine rings is 1. The van der Waals surface area contributed by atoms with Crippen LogP contribution in [0.5, 0.6) is 0 Å². The lowest BCUT2D eigenvalue weighted by Gasteiger charge is -2.41. The summed E-state index contributed by atoms with van der Waals surface area (Å²) in [6.07, 6.45) is -1.34. The number of aliphatic hydroxyl groups excluding tert-OH is 2. The van der Waals surface area contributed by atoms with E-state index >= 15 is 0 Å². The Labute approximate surface area is 172 Å². The monoisotopic (exact) mass is 397 g/mol. The fourth-order valence-corrected chi connectivity index (χ4v) is 4.47. The third-order valence-corrected chi connectivity index (χ3v) is 6.02. The van der Waals surface area contributed by atoms with Crippen LogP contribution in [0.25, 0.3) is 0 Å². The van der Waals surface area contributed by atoms with Crippen LogP contribution in [-0.2, 0) is 11.3 Å². The number of aliphatic hydroxyl groups is 2. The molecule has 2 fully saturated rings. The van der Waals surface area contributed by atoms with Gasteiger partial charge in [-0.05, 0) is 17.7 Å². The molecule has 4 atom stereocenters. The van der Waals surface area contributed by atoms with Crippen molar-refractivity contribution in [3.63, 3.8) is 0 Å². The van der Waals surface area contributed by atoms with E-state index in [1.807, 2.05) is 24.3 Å². The number of nitrogens with zero attached hydrogens (tertiary/aromatic N) is 2. The zero-order valence-corrected chi connectivity index (χ0v) is 16.7. The average Bonchev–Trinajstić information content (AvgIpc) is 3.10. The second-order valence-corrected chi connectivity index (χ2v) is 7.85. The topological polar surface area (TPSA) is 68.2 Å². The maximum absolute atomic E-state index is 10.8. The van der Waals surface area contributed by atoms with Gasteiger partial charge in [-0.3, -0.25) is 4.90 Å². The largest absolute Gasteiger partial charge is 0.394 e. The van der Waals surface area contributed by atoms with Gasteiger partial charge in [0.15, 0.2) is 0 Å². The van der Waals surface area contributed by atoms with Gasteiger partial charge in [0, 0.05) is 45.0 Å². The number of para-hydroxylation sites is 1. The first-order valence-corrected chi connectivity index (χ1v) is 10.5. The predicted molar refractivity (Wildman–Crippen MR) is 114 cm³/mol. The maximum Gasteiger partial charge on any atom is 0.109 e. The lowest BCUT2D eigenvalue weighted by atomic mass is 10.0. The van der Waals surface area contributed by atoms with Gasteiger partial charge in [-0.1, -0.05) is 48.5 Å². The van der Waals surface area contributed by atoms with Gasteiger partial charge in [0.25, 0.3) is 0 Å². The van der Waals surface area contributed by atoms with E-state index in [1.54, 1.807) is 0 Å². The summed E-state index contributed by atoms with van der Waals surface area (Å²) in [5.74, 6) is 0. The van der Waals surface area contributed by atoms with Gasteiger partial charge in [0.2, 0.25) is 0 Å². The fourth-order valence-electron chi connectivity index (χ4n) is 4.47. The summed E-state index contributed by atoms with van der Waals surface area (Å²) >= 11 is 0. The van der Waals surface area contributed by atoms with Crippen molar-refractivity contribution >= 4 is 5.69 Å². The van der Waals surface area contributed by atoms with Crippen molar-refractivity contribution in [1.29, 1.82) is 0 Å². The summed E-state index contributed by atoms with van der Waals surface area (Å²) in [5, 5.41) is 23.9. The lowest BCUT2D eigenvalue weighted by Crippen LogP contribution is -2.57. The maximum atomic E-state index is 10.8. The molecule has 29 heavy (non-hydrogen) atoms. The number of ether oxygens (including phenoxy) is 1. The Morgan fingerprint density at radius 3 is 2.21 bits per heavy atom. The standard InChI is InChI=1S/C23H31N3O3/c27-17-21-23(28)22(20(29-21)16-24-15-18-7-3-1-4-8-18)26-13-11-25(12-14-26)19-9-5-2-6-10-19/h1-10,20-24,27-28H,11-17H2. The van der Waals surface area contributed by atoms with Crippen molar-refractivity contribution < 1.29 is 14.9 Å². The van der Waals surface area contributed by atoms with Crippen LogP contribution in [-0.4, -0.2) is 78.8 Å². The minimum absolute atomic E-state index is 0.103. The Kier molecular flexibility index (Phi) is 6.79. The van der Waals surface area contributed by atoms with Crippen LogP contribution in [0.3, 0.4) is 0 Å². The molecule has 156 valence electrons. The molecule has 2 aliphatic rings. The molecule has 3 N–H and O–H groups in total. The molecule has 4 unspecified atom stereocenters. The second-order valence-electron chi connectivity index (χ2n) is 7.85. The minimum atomic E-state index is -0.674. The van der Waals surface area contributed by atoms with E-state index < -0.39 is 12.2 Å². The van der Waals surface area contributed by atoms with Crippen LogP contribution >= 0.6 is 0 Å². The van der Waals surface area contributed by atoms with E-state index in [4.69, 9.17) is 4.74 Å². The molecule has 0 spiro atoms. The highest BCUT2D eigenvalue weighted by atomic mass is 16.5. The van der Waals surface area contributed by atoms with Gasteiger partial charge >= 0.3 is 0 Å². The van der Waals surface area contributed by atoms with Crippen molar-refractivity contribution in [3.05, 3.63) is 66.2 Å². The van der Waals surface area contributed by atoms with Gasteiger partial charge in [-0.15, -0.1) is 0 Å². The van der Waals surface area contributed by atoms with Crippen LogP contribution in [0.4, 0.5) is 5.69 Å². The molecule has 2 saturated heterocycles. The molecule has 2 aromatic carbocycles. The van der Waals surface area contributed by atoms with E-state index in [9.17, 15) is 10.2 Å². The van der Waals surface area contributed by atoms with Gasteiger partial charge in [-0.2, -0.15) is 0 Å². The molecule has 2 aliphatic heterocycles. The molecule has 0 amide bonds. The number of anilines is 1. The SMILES string of the molecule is OCC1OC(CNCc2ccccc2)C(N2CCN(c3ccccc3)CC2)C1O. The Hall–Kier alpha value is -1.96. The minimum Gasteiger partial charge on any atom is -0.394 e. The molecular formula is C23H31N3O3. The van der Waals surface area contributed by atoms with Crippen molar-refractivity contribution in [2.45, 2.75) is 30.9 Å². The number of rotatable bonds is 7. The quantitative estimate of drug-likeness (QED) is 0.650. The Bertz CT molecular complexity index is 738. The van der Waals surface area contributed by atoms with Crippen LogP contribution in [0.2, 0.25) is 0 Å². The molecule has 0 bridgehead atoms. The zero-order valence-electron chi connectivity index (χ0n) is 16.7. The number of hydrogen-bond acceptors (Lipinski definition) is 6. The highest BCUT2D eigenvalue weighted by Gasteiger charge is 2.46. The number of benzene rings is 2. The molecule has 4 rings (SSSR count). The van der Waals surface area contributed by atoms with E-state index in [0.717, 1.165) is 32.7 Å². The van der Waals surface area contributed by atoms with Crippen molar-refractivity contribution in [2.75, 3.05) is 44.2 Å². The highest BCUT2D eigenvalue weighted by molar-refractivity contribution is 5.46. The summed E-state index contributed by atoms with van der Waals surface area (Å²) in [7, 11) is 0. The molecular weight excluding hydrogens is 366 g/mol. The van der Waals surface area contributed by atoms with Crippen LogP contribution < -0.4 is 10.2 Å². The Morgan fingerprint density at radius 1 is 0.897 bits per heavy atom. The van der Waals surface area contributed by atoms with Crippen LogP contribution in [0, 0.1) is 0 Å². The smallest absolute Gasteiger partial charge is 0.109 e. The third-order valence-electron chi connectivity index (χ3n) is 6.02. The predicted octanol–water partition coefficient (Wildman–Crippen LogP) is 1.09. The Morgan fingerprint density at radius 2 is 1.55 bits per heavy atom. The van der Waals surface area contributed by atoms with Gasteiger partial charge in [0.05, 0.1) is 18.8 Å². The summed E-state index contributed by atoms with van der Waals surface area (Å²) in [6.45, 7) is 4.82. The fraction of sp³-hybridized carbons (Fsp3) is 0.478. The van der Waals surface area contributed by atoms with Gasteiger partial charge in [0.1, 0.15) is 12.2 Å². The van der Waals surface area contributed by atoms with Gasteiger partial charge < -0.3 is 25.2 Å². The molecule has 0 radical (unpaired) electrons. The first kappa shape index (κ1) is 20.3. The first-order chi connectivity index (χ1) is 14.3. The molecule has 0 aliphatic carbocycles. The number of nitrogens with one attached hydrogen (secondary N) is 1. The first-order valence-electron chi connectivity index (χ1n) is 10.5. The summed E-state index contributed by atoms with van der Waals surface area (Å²) in [5.41, 5.74) is 2.46. The van der Waals surface area contributed by atoms with Crippen molar-refractivity contribution in [2.24, 2.45) is 0 Å². The van der Waals surface area contributed by atoms with Crippen molar-refractivity contribution in [1.82, 2.24) is 10.2 Å². The van der Waals surface area contributed by atoms with Gasteiger partial charge in [-0.25, -0.2) is 0 Å². The summed E-state index contributed by atoms with van der Waals surface area (Å²) in [6, 6.07) is 20.6. The second kappa shape index (κ2) is 9.69. The average molecular weight is 398 g/mol. The molecule has 2 heterocycles. The molecule has 6 nitrogen and oxygen atoms in total. The highest BCUT2D eigenvalue weighted by Crippen LogP contribution is 2.27. The summed E-state index contributed by atoms with van der Waals surface area (Å²) < 4.78 is 6.02. The van der Waals surface area contributed by atoms with Crippen molar-refractivity contribution in [3.8, 4) is 0 Å². The molecule has 0 aromatic heterocycles. The van der Waals surface area contributed by atoms with E-state index in [1.165, 1.54) is 11.3 Å². The molecule has 2 aromatic rings. The number of hydrogen-bond donors (Lipinski definition) is 3. The summed E-state index contributed by atoms with van der Waals surface area (Å²) in [4.78, 5) is 4.71. The van der Waals surface area contributed by atoms with E-state index in [-0.39, 0.29) is 18.8 Å². The lowest BCUT2D eigenvalue weighted by molar-refractivity contribution is -0.0213. The van der Waals surface area contributed by atoms with E-state index in [2.05, 4.69) is 51.5 Å². The van der Waals surface area contributed by atoms with E-state index in [0.29, 0.717) is 6.54 Å². The molecule has 6 heteroatoms. The van der Waals surface area contributed by atoms with Crippen LogP contribution in [0.1, 0.15) is 5.56 Å². The zero-order chi connectivity index (χ0) is 20.1. The Balaban J connectivity index is 1.36. The normalized spacial score (nSPS) is 28.0.